The Morgan fingerprint density at radius 3 is 2.06 bits per heavy atom. The molecule has 0 amide bonds. The first-order valence-corrected chi connectivity index (χ1v) is 18.3. The number of fused-ring (bicyclic) bond motifs is 9. The van der Waals surface area contributed by atoms with Crippen LogP contribution < -0.4 is 5.32 Å². The van der Waals surface area contributed by atoms with Gasteiger partial charge in [0.05, 0.1) is 11.1 Å². The van der Waals surface area contributed by atoms with Crippen LogP contribution >= 0.6 is 0 Å². The smallest absolute Gasteiger partial charge is 0.137 e. The van der Waals surface area contributed by atoms with Crippen molar-refractivity contribution in [1.29, 1.82) is 0 Å². The second kappa shape index (κ2) is 11.9. The molecule has 0 saturated heterocycles. The summed E-state index contributed by atoms with van der Waals surface area (Å²) in [5.41, 5.74) is 11.6. The molecular weight excluding hydrogens is 647 g/mol. The Hall–Kier alpha value is -6.84. The highest BCUT2D eigenvalue weighted by atomic mass is 16.3. The Kier molecular flexibility index (Phi) is 6.68. The average molecular weight is 680 g/mol. The van der Waals surface area contributed by atoms with Gasteiger partial charge in [0.15, 0.2) is 0 Å². The molecular formula is C50H33NO2. The third kappa shape index (κ3) is 4.82. The van der Waals surface area contributed by atoms with Crippen LogP contribution in [-0.2, 0) is 0 Å². The van der Waals surface area contributed by atoms with Crippen molar-refractivity contribution >= 4 is 82.4 Å². The molecule has 1 aliphatic rings. The maximum atomic E-state index is 6.57. The number of benzene rings is 8. The van der Waals surface area contributed by atoms with E-state index in [2.05, 4.69) is 169 Å². The summed E-state index contributed by atoms with van der Waals surface area (Å²) in [7, 11) is 0. The second-order valence-corrected chi connectivity index (χ2v) is 14.1. The largest absolute Gasteiger partial charge is 0.456 e. The highest BCUT2D eigenvalue weighted by Crippen LogP contribution is 2.45. The monoisotopic (exact) mass is 679 g/mol. The van der Waals surface area contributed by atoms with Crippen molar-refractivity contribution in [2.24, 2.45) is 0 Å². The molecule has 3 heteroatoms. The molecule has 1 aliphatic carbocycles. The summed E-state index contributed by atoms with van der Waals surface area (Å²) >= 11 is 0. The standard InChI is InChI=1S/C50H33NO2/c1-2-15-35-33(12-1)29-42(39-18-4-3-17-38(35)39)32-14-9-13-31(28-32)37-20-10-24-46-49(37)50-44(22-11-25-47(50)53-46)51-43-21-7-5-16-36(43)34-26-27-41-40-19-6-8-23-45(40)52-48(41)30-34/h1-27,29-30,32,51H,28H2. The summed E-state index contributed by atoms with van der Waals surface area (Å²) in [5.74, 6) is 0.242. The molecule has 0 bridgehead atoms. The first-order valence-electron chi connectivity index (χ1n) is 18.3. The van der Waals surface area contributed by atoms with Crippen molar-refractivity contribution < 1.29 is 8.83 Å². The summed E-state index contributed by atoms with van der Waals surface area (Å²) in [6.07, 6.45) is 7.78. The Bertz CT molecular complexity index is 3140. The summed E-state index contributed by atoms with van der Waals surface area (Å²) < 4.78 is 12.8. The Morgan fingerprint density at radius 2 is 1.13 bits per heavy atom. The molecule has 1 unspecified atom stereocenters. The summed E-state index contributed by atoms with van der Waals surface area (Å²) in [5, 5.41) is 13.5. The molecule has 53 heavy (non-hydrogen) atoms. The predicted octanol–water partition coefficient (Wildman–Crippen LogP) is 14.3. The molecule has 1 N–H and O–H groups in total. The lowest BCUT2D eigenvalue weighted by Crippen LogP contribution is -2.02. The number of hydrogen-bond acceptors (Lipinski definition) is 3. The van der Waals surface area contributed by atoms with Crippen LogP contribution in [0.25, 0.3) is 82.1 Å². The first-order chi connectivity index (χ1) is 26.3. The van der Waals surface area contributed by atoms with Crippen molar-refractivity contribution in [3.05, 3.63) is 187 Å². The zero-order valence-corrected chi connectivity index (χ0v) is 28.8. The number of nitrogens with one attached hydrogen (secondary N) is 1. The lowest BCUT2D eigenvalue weighted by molar-refractivity contribution is 0.668. The van der Waals surface area contributed by atoms with Gasteiger partial charge in [-0.2, -0.15) is 0 Å². The lowest BCUT2D eigenvalue weighted by atomic mass is 9.81. The van der Waals surface area contributed by atoms with Crippen LogP contribution in [0, 0.1) is 0 Å². The van der Waals surface area contributed by atoms with E-state index in [-0.39, 0.29) is 5.92 Å². The minimum Gasteiger partial charge on any atom is -0.456 e. The van der Waals surface area contributed by atoms with Crippen LogP contribution in [0.5, 0.6) is 0 Å². The second-order valence-electron chi connectivity index (χ2n) is 14.1. The minimum absolute atomic E-state index is 0.242. The van der Waals surface area contributed by atoms with E-state index in [0.29, 0.717) is 0 Å². The molecule has 0 aliphatic heterocycles. The summed E-state index contributed by atoms with van der Waals surface area (Å²) in [6.45, 7) is 0. The van der Waals surface area contributed by atoms with Gasteiger partial charge in [0.1, 0.15) is 22.3 Å². The van der Waals surface area contributed by atoms with Crippen LogP contribution in [0.4, 0.5) is 11.4 Å². The molecule has 0 spiro atoms. The van der Waals surface area contributed by atoms with Crippen LogP contribution in [0.1, 0.15) is 23.5 Å². The van der Waals surface area contributed by atoms with Gasteiger partial charge >= 0.3 is 0 Å². The third-order valence-corrected chi connectivity index (χ3v) is 11.0. The van der Waals surface area contributed by atoms with Gasteiger partial charge in [0.2, 0.25) is 0 Å². The van der Waals surface area contributed by atoms with E-state index in [1.165, 1.54) is 38.2 Å². The van der Waals surface area contributed by atoms with E-state index in [1.807, 2.05) is 12.1 Å². The normalized spacial score (nSPS) is 14.6. The van der Waals surface area contributed by atoms with Gasteiger partial charge in [-0.15, -0.1) is 0 Å². The quantitative estimate of drug-likeness (QED) is 0.184. The minimum atomic E-state index is 0.242. The Morgan fingerprint density at radius 1 is 0.472 bits per heavy atom. The number of para-hydroxylation sites is 2. The molecule has 2 heterocycles. The lowest BCUT2D eigenvalue weighted by Gasteiger charge is -2.22. The highest BCUT2D eigenvalue weighted by Gasteiger charge is 2.23. The molecule has 250 valence electrons. The van der Waals surface area contributed by atoms with E-state index in [0.717, 1.165) is 72.8 Å². The molecule has 11 rings (SSSR count). The fourth-order valence-corrected chi connectivity index (χ4v) is 8.60. The molecule has 0 radical (unpaired) electrons. The number of furan rings is 2. The van der Waals surface area contributed by atoms with Gasteiger partial charge in [-0.1, -0.05) is 127 Å². The van der Waals surface area contributed by atoms with Crippen LogP contribution in [0.2, 0.25) is 0 Å². The van der Waals surface area contributed by atoms with Gasteiger partial charge in [-0.25, -0.2) is 0 Å². The topological polar surface area (TPSA) is 38.3 Å². The zero-order valence-electron chi connectivity index (χ0n) is 28.8. The average Bonchev–Trinajstić information content (AvgIpc) is 3.79. The molecule has 0 fully saturated rings. The first kappa shape index (κ1) is 29.8. The summed E-state index contributed by atoms with van der Waals surface area (Å²) in [6, 6.07) is 56.0. The van der Waals surface area contributed by atoms with Crippen molar-refractivity contribution in [3.8, 4) is 11.1 Å². The van der Waals surface area contributed by atoms with Crippen molar-refractivity contribution in [3.63, 3.8) is 0 Å². The van der Waals surface area contributed by atoms with Gasteiger partial charge in [0, 0.05) is 33.3 Å². The van der Waals surface area contributed by atoms with Gasteiger partial charge in [-0.05, 0) is 98.8 Å². The highest BCUT2D eigenvalue weighted by molar-refractivity contribution is 6.16. The predicted molar refractivity (Wildman–Crippen MR) is 222 cm³/mol. The molecule has 3 nitrogen and oxygen atoms in total. The maximum Gasteiger partial charge on any atom is 0.137 e. The van der Waals surface area contributed by atoms with Crippen LogP contribution in [0.3, 0.4) is 0 Å². The molecule has 8 aromatic carbocycles. The van der Waals surface area contributed by atoms with Crippen molar-refractivity contribution in [2.75, 3.05) is 5.32 Å². The molecule has 2 aromatic heterocycles. The third-order valence-electron chi connectivity index (χ3n) is 11.0. The number of anilines is 2. The van der Waals surface area contributed by atoms with Crippen LogP contribution in [0.15, 0.2) is 185 Å². The number of rotatable bonds is 5. The van der Waals surface area contributed by atoms with Gasteiger partial charge in [-0.3, -0.25) is 0 Å². The maximum absolute atomic E-state index is 6.57. The van der Waals surface area contributed by atoms with E-state index in [9.17, 15) is 0 Å². The van der Waals surface area contributed by atoms with Crippen molar-refractivity contribution in [1.82, 2.24) is 0 Å². The van der Waals surface area contributed by atoms with E-state index in [4.69, 9.17) is 8.83 Å². The number of hydrogen-bond donors (Lipinski definition) is 1. The number of allylic oxidation sites excluding steroid dienone is 4. The summed E-state index contributed by atoms with van der Waals surface area (Å²) in [4.78, 5) is 0. The van der Waals surface area contributed by atoms with Gasteiger partial charge in [0.25, 0.3) is 0 Å². The molecule has 10 aromatic rings. The van der Waals surface area contributed by atoms with E-state index in [1.54, 1.807) is 0 Å². The Balaban J connectivity index is 1.00. The fourth-order valence-electron chi connectivity index (χ4n) is 8.60. The SMILES string of the molecule is C1=CC(c2cc3ccccc3c3ccccc23)CC(c2cccc3oc4cccc(Nc5ccccc5-c5ccc6c(c5)oc5ccccc56)c4c23)=C1. The zero-order chi connectivity index (χ0) is 34.9. The van der Waals surface area contributed by atoms with Crippen LogP contribution in [-0.4, -0.2) is 0 Å². The Labute approximate surface area is 306 Å². The van der Waals surface area contributed by atoms with Crippen molar-refractivity contribution in [2.45, 2.75) is 12.3 Å². The fraction of sp³-hybridized carbons (Fsp3) is 0.0400. The molecule has 1 atom stereocenters. The molecule has 0 saturated carbocycles. The van der Waals surface area contributed by atoms with E-state index < -0.39 is 0 Å². The van der Waals surface area contributed by atoms with Gasteiger partial charge < -0.3 is 14.2 Å². The van der Waals surface area contributed by atoms with E-state index >= 15 is 0 Å².